The summed E-state index contributed by atoms with van der Waals surface area (Å²) in [5.74, 6) is -0.592. The summed E-state index contributed by atoms with van der Waals surface area (Å²) in [7, 11) is 2.08. The Kier molecular flexibility index (Phi) is 6.48. The Morgan fingerprint density at radius 1 is 1.15 bits per heavy atom. The molecule has 1 aliphatic heterocycles. The molecule has 0 radical (unpaired) electrons. The van der Waals surface area contributed by atoms with E-state index in [1.165, 1.54) is 12.1 Å². The van der Waals surface area contributed by atoms with E-state index in [9.17, 15) is 9.18 Å². The molecule has 0 aliphatic carbocycles. The highest BCUT2D eigenvalue weighted by Crippen LogP contribution is 2.25. The third kappa shape index (κ3) is 5.31. The van der Waals surface area contributed by atoms with E-state index in [-0.39, 0.29) is 11.7 Å². The number of piperazine rings is 1. The monoisotopic (exact) mass is 387 g/mol. The van der Waals surface area contributed by atoms with Gasteiger partial charge in [-0.2, -0.15) is 0 Å². The number of benzene rings is 2. The van der Waals surface area contributed by atoms with E-state index in [1.807, 2.05) is 18.2 Å². The predicted octanol–water partition coefficient (Wildman–Crippen LogP) is 3.56. The topological polar surface area (TPSA) is 35.6 Å². The molecule has 1 N–H and O–H groups in total. The lowest BCUT2D eigenvalue weighted by molar-refractivity contribution is -0.116. The van der Waals surface area contributed by atoms with E-state index in [1.54, 1.807) is 24.3 Å². The summed E-state index contributed by atoms with van der Waals surface area (Å²) < 4.78 is 14.4. The average Bonchev–Trinajstić information content (AvgIpc) is 2.67. The maximum Gasteiger partial charge on any atom is 0.244 e. The first kappa shape index (κ1) is 19.4. The van der Waals surface area contributed by atoms with Crippen LogP contribution in [0.4, 0.5) is 10.1 Å². The van der Waals surface area contributed by atoms with E-state index in [2.05, 4.69) is 22.2 Å². The highest BCUT2D eigenvalue weighted by Gasteiger charge is 2.18. The lowest BCUT2D eigenvalue weighted by Crippen LogP contribution is -2.44. The third-order valence-corrected chi connectivity index (χ3v) is 4.91. The van der Waals surface area contributed by atoms with E-state index in [4.69, 9.17) is 11.6 Å². The Morgan fingerprint density at radius 2 is 1.85 bits per heavy atom. The highest BCUT2D eigenvalue weighted by atomic mass is 35.5. The first-order chi connectivity index (χ1) is 13.0. The van der Waals surface area contributed by atoms with Gasteiger partial charge in [-0.15, -0.1) is 0 Å². The Morgan fingerprint density at radius 3 is 2.56 bits per heavy atom. The SMILES string of the molecule is CN1CCN(c2cccc(F)c2C=CC(=O)NCc2ccc(Cl)cc2)CC1. The molecular formula is C21H23ClFN3O. The molecule has 0 aromatic heterocycles. The van der Waals surface area contributed by atoms with E-state index in [0.717, 1.165) is 37.4 Å². The second kappa shape index (κ2) is 9.02. The molecule has 6 heteroatoms. The summed E-state index contributed by atoms with van der Waals surface area (Å²) in [6, 6.07) is 12.3. The van der Waals surface area contributed by atoms with Gasteiger partial charge in [0.05, 0.1) is 0 Å². The molecule has 1 saturated heterocycles. The zero-order valence-corrected chi connectivity index (χ0v) is 16.0. The summed E-state index contributed by atoms with van der Waals surface area (Å²) in [6.45, 7) is 3.93. The van der Waals surface area contributed by atoms with Crippen molar-refractivity contribution in [3.63, 3.8) is 0 Å². The molecule has 27 heavy (non-hydrogen) atoms. The number of halogens is 2. The Bertz CT molecular complexity index is 815. The van der Waals surface area contributed by atoms with Crippen LogP contribution in [0.15, 0.2) is 48.5 Å². The second-order valence-electron chi connectivity index (χ2n) is 6.64. The van der Waals surface area contributed by atoms with Crippen LogP contribution in [-0.2, 0) is 11.3 Å². The first-order valence-corrected chi connectivity index (χ1v) is 9.33. The number of hydrogen-bond acceptors (Lipinski definition) is 3. The molecule has 3 rings (SSSR count). The maximum atomic E-state index is 14.4. The second-order valence-corrected chi connectivity index (χ2v) is 7.08. The zero-order valence-electron chi connectivity index (χ0n) is 15.3. The minimum absolute atomic E-state index is 0.266. The Labute approximate surface area is 164 Å². The molecule has 1 aliphatic rings. The first-order valence-electron chi connectivity index (χ1n) is 8.95. The van der Waals surface area contributed by atoms with Gasteiger partial charge in [0, 0.05) is 55.1 Å². The molecule has 1 amide bonds. The van der Waals surface area contributed by atoms with Crippen molar-refractivity contribution >= 4 is 29.3 Å². The highest BCUT2D eigenvalue weighted by molar-refractivity contribution is 6.30. The lowest BCUT2D eigenvalue weighted by atomic mass is 10.1. The lowest BCUT2D eigenvalue weighted by Gasteiger charge is -2.35. The molecule has 4 nitrogen and oxygen atoms in total. The minimum Gasteiger partial charge on any atom is -0.368 e. The van der Waals surface area contributed by atoms with Gasteiger partial charge >= 0.3 is 0 Å². The van der Waals surface area contributed by atoms with Crippen molar-refractivity contribution in [2.75, 3.05) is 38.1 Å². The minimum atomic E-state index is -0.326. The van der Waals surface area contributed by atoms with Crippen molar-refractivity contribution in [1.29, 1.82) is 0 Å². The summed E-state index contributed by atoms with van der Waals surface area (Å²) in [5.41, 5.74) is 2.22. The fourth-order valence-electron chi connectivity index (χ4n) is 3.02. The number of carbonyl (C=O) groups is 1. The summed E-state index contributed by atoms with van der Waals surface area (Å²) in [4.78, 5) is 16.5. The van der Waals surface area contributed by atoms with E-state index in [0.29, 0.717) is 17.1 Å². The summed E-state index contributed by atoms with van der Waals surface area (Å²) in [5, 5.41) is 3.46. The van der Waals surface area contributed by atoms with Crippen LogP contribution in [0, 0.1) is 5.82 Å². The number of rotatable bonds is 5. The van der Waals surface area contributed by atoms with Gasteiger partial charge in [0.25, 0.3) is 0 Å². The van der Waals surface area contributed by atoms with Crippen LogP contribution in [0.3, 0.4) is 0 Å². The number of nitrogens with zero attached hydrogens (tertiary/aromatic N) is 2. The van der Waals surface area contributed by atoms with Crippen LogP contribution in [0.5, 0.6) is 0 Å². The van der Waals surface area contributed by atoms with Crippen molar-refractivity contribution in [3.05, 3.63) is 70.5 Å². The van der Waals surface area contributed by atoms with Crippen LogP contribution in [-0.4, -0.2) is 44.0 Å². The number of anilines is 1. The van der Waals surface area contributed by atoms with E-state index < -0.39 is 0 Å². The molecule has 0 spiro atoms. The summed E-state index contributed by atoms with van der Waals surface area (Å²) in [6.07, 6.45) is 2.94. The van der Waals surface area contributed by atoms with Gasteiger partial charge in [0.1, 0.15) is 5.82 Å². The van der Waals surface area contributed by atoms with Crippen LogP contribution in [0.1, 0.15) is 11.1 Å². The predicted molar refractivity (Wildman–Crippen MR) is 108 cm³/mol. The normalized spacial score (nSPS) is 15.3. The van der Waals surface area contributed by atoms with Gasteiger partial charge in [-0.3, -0.25) is 4.79 Å². The molecule has 2 aromatic rings. The van der Waals surface area contributed by atoms with Gasteiger partial charge in [-0.1, -0.05) is 29.8 Å². The van der Waals surface area contributed by atoms with Gasteiger partial charge < -0.3 is 15.1 Å². The number of nitrogens with one attached hydrogen (secondary N) is 1. The fraction of sp³-hybridized carbons (Fsp3) is 0.286. The van der Waals surface area contributed by atoms with Crippen molar-refractivity contribution in [2.45, 2.75) is 6.54 Å². The van der Waals surface area contributed by atoms with Gasteiger partial charge in [-0.05, 0) is 43.0 Å². The quantitative estimate of drug-likeness (QED) is 0.797. The number of hydrogen-bond donors (Lipinski definition) is 1. The van der Waals surface area contributed by atoms with Gasteiger partial charge in [0.2, 0.25) is 5.91 Å². The number of likely N-dealkylation sites (N-methyl/N-ethyl adjacent to an activating group) is 1. The van der Waals surface area contributed by atoms with Crippen molar-refractivity contribution in [2.24, 2.45) is 0 Å². The van der Waals surface area contributed by atoms with Crippen molar-refractivity contribution in [3.8, 4) is 0 Å². The smallest absolute Gasteiger partial charge is 0.244 e. The molecule has 0 bridgehead atoms. The average molecular weight is 388 g/mol. The molecule has 2 aromatic carbocycles. The van der Waals surface area contributed by atoms with Gasteiger partial charge in [0.15, 0.2) is 0 Å². The molecule has 0 atom stereocenters. The standard InChI is InChI=1S/C21H23ClFN3O/c1-25-11-13-26(14-12-25)20-4-2-3-19(23)18(20)9-10-21(27)24-15-16-5-7-17(22)8-6-16/h2-10H,11-15H2,1H3,(H,24,27). The van der Waals surface area contributed by atoms with Crippen LogP contribution in [0.25, 0.3) is 6.08 Å². The number of amides is 1. The largest absolute Gasteiger partial charge is 0.368 e. The van der Waals surface area contributed by atoms with Gasteiger partial charge in [-0.25, -0.2) is 4.39 Å². The van der Waals surface area contributed by atoms with Crippen molar-refractivity contribution in [1.82, 2.24) is 10.2 Å². The van der Waals surface area contributed by atoms with Crippen molar-refractivity contribution < 1.29 is 9.18 Å². The molecular weight excluding hydrogens is 365 g/mol. The molecule has 1 heterocycles. The maximum absolute atomic E-state index is 14.4. The van der Waals surface area contributed by atoms with Crippen LogP contribution >= 0.6 is 11.6 Å². The Balaban J connectivity index is 1.67. The summed E-state index contributed by atoms with van der Waals surface area (Å²) >= 11 is 5.85. The van der Waals surface area contributed by atoms with E-state index >= 15 is 0 Å². The third-order valence-electron chi connectivity index (χ3n) is 4.66. The molecule has 0 unspecified atom stereocenters. The molecule has 0 saturated carbocycles. The fourth-order valence-corrected chi connectivity index (χ4v) is 3.15. The van der Waals surface area contributed by atoms with Crippen LogP contribution < -0.4 is 10.2 Å². The van der Waals surface area contributed by atoms with Crippen LogP contribution in [0.2, 0.25) is 5.02 Å². The molecule has 142 valence electrons. The molecule has 1 fully saturated rings. The Hall–Kier alpha value is -2.37. The zero-order chi connectivity index (χ0) is 19.2. The number of carbonyl (C=O) groups excluding carboxylic acids is 1.